The van der Waals surface area contributed by atoms with Crippen molar-refractivity contribution < 1.29 is 27.7 Å². The molecular formula is C19H19F3N4O4. The quantitative estimate of drug-likeness (QED) is 0.463. The van der Waals surface area contributed by atoms with Crippen molar-refractivity contribution in [2.24, 2.45) is 0 Å². The number of carbonyl (C=O) groups excluding carboxylic acids is 2. The monoisotopic (exact) mass is 424 g/mol. The lowest BCUT2D eigenvalue weighted by atomic mass is 10.1. The summed E-state index contributed by atoms with van der Waals surface area (Å²) in [5.74, 6) is -0.675. The molecule has 0 saturated carbocycles. The highest BCUT2D eigenvalue weighted by molar-refractivity contribution is 5.96. The molecule has 0 aliphatic rings. The van der Waals surface area contributed by atoms with Crippen molar-refractivity contribution in [3.8, 4) is 0 Å². The third-order valence-electron chi connectivity index (χ3n) is 4.18. The van der Waals surface area contributed by atoms with E-state index in [1.54, 1.807) is 25.1 Å². The van der Waals surface area contributed by atoms with Crippen LogP contribution in [0.5, 0.6) is 0 Å². The number of nitro benzene ring substituents is 1. The second-order valence-corrected chi connectivity index (χ2v) is 6.32. The summed E-state index contributed by atoms with van der Waals surface area (Å²) in [7, 11) is 1.50. The van der Waals surface area contributed by atoms with Gasteiger partial charge in [0.25, 0.3) is 11.6 Å². The molecule has 0 saturated heterocycles. The van der Waals surface area contributed by atoms with E-state index in [9.17, 15) is 32.9 Å². The van der Waals surface area contributed by atoms with E-state index in [1.165, 1.54) is 7.05 Å². The minimum absolute atomic E-state index is 0.0343. The van der Waals surface area contributed by atoms with Gasteiger partial charge in [-0.2, -0.15) is 13.2 Å². The minimum Gasteiger partial charge on any atom is -0.379 e. The van der Waals surface area contributed by atoms with E-state index < -0.39 is 28.3 Å². The first kappa shape index (κ1) is 22.7. The SMILES string of the molecule is CNC(=O)c1ccc(NC(=O)CCNc2ccc(C(F)(F)F)cc2[N+](=O)[O-])c(C)c1. The van der Waals surface area contributed by atoms with Crippen LogP contribution in [0.25, 0.3) is 0 Å². The van der Waals surface area contributed by atoms with Crippen LogP contribution in [0.15, 0.2) is 36.4 Å². The molecule has 0 aliphatic heterocycles. The van der Waals surface area contributed by atoms with E-state index >= 15 is 0 Å². The summed E-state index contributed by atoms with van der Waals surface area (Å²) in [6.45, 7) is 1.68. The zero-order valence-corrected chi connectivity index (χ0v) is 16.1. The van der Waals surface area contributed by atoms with Crippen LogP contribution in [-0.2, 0) is 11.0 Å². The van der Waals surface area contributed by atoms with Crippen LogP contribution < -0.4 is 16.0 Å². The molecule has 3 N–H and O–H groups in total. The molecule has 2 aromatic rings. The van der Waals surface area contributed by atoms with E-state index in [1.807, 2.05) is 0 Å². The summed E-state index contributed by atoms with van der Waals surface area (Å²) >= 11 is 0. The Morgan fingerprint density at radius 1 is 1.10 bits per heavy atom. The average molecular weight is 424 g/mol. The van der Waals surface area contributed by atoms with E-state index in [0.29, 0.717) is 22.9 Å². The van der Waals surface area contributed by atoms with E-state index in [4.69, 9.17) is 0 Å². The van der Waals surface area contributed by atoms with Gasteiger partial charge in [0.15, 0.2) is 0 Å². The predicted molar refractivity (Wildman–Crippen MR) is 104 cm³/mol. The highest BCUT2D eigenvalue weighted by atomic mass is 19.4. The molecule has 0 fully saturated rings. The summed E-state index contributed by atoms with van der Waals surface area (Å²) in [5, 5.41) is 18.8. The molecule has 0 atom stereocenters. The zero-order valence-electron chi connectivity index (χ0n) is 16.1. The molecular weight excluding hydrogens is 405 g/mol. The summed E-state index contributed by atoms with van der Waals surface area (Å²) in [5.41, 5.74) is -0.390. The van der Waals surface area contributed by atoms with Crippen LogP contribution in [-0.4, -0.2) is 30.3 Å². The first-order valence-electron chi connectivity index (χ1n) is 8.75. The lowest BCUT2D eigenvalue weighted by molar-refractivity contribution is -0.384. The van der Waals surface area contributed by atoms with Crippen molar-refractivity contribution in [1.82, 2.24) is 5.32 Å². The van der Waals surface area contributed by atoms with Gasteiger partial charge in [0.2, 0.25) is 5.91 Å². The molecule has 0 unspecified atom stereocenters. The molecule has 2 rings (SSSR count). The first-order valence-corrected chi connectivity index (χ1v) is 8.75. The second-order valence-electron chi connectivity index (χ2n) is 6.32. The highest BCUT2D eigenvalue weighted by Crippen LogP contribution is 2.34. The number of hydrogen-bond acceptors (Lipinski definition) is 5. The van der Waals surface area contributed by atoms with E-state index in [2.05, 4.69) is 16.0 Å². The molecule has 11 heteroatoms. The van der Waals surface area contributed by atoms with Gasteiger partial charge < -0.3 is 16.0 Å². The van der Waals surface area contributed by atoms with Crippen molar-refractivity contribution in [3.05, 3.63) is 63.2 Å². The van der Waals surface area contributed by atoms with Crippen LogP contribution in [0.1, 0.15) is 27.9 Å². The second kappa shape index (κ2) is 9.25. The number of carbonyl (C=O) groups is 2. The molecule has 0 aromatic heterocycles. The van der Waals surface area contributed by atoms with Gasteiger partial charge in [-0.25, -0.2) is 0 Å². The number of benzene rings is 2. The number of alkyl halides is 3. The number of aryl methyl sites for hydroxylation is 1. The Balaban J connectivity index is 1.99. The molecule has 0 radical (unpaired) electrons. The Hall–Kier alpha value is -3.63. The predicted octanol–water partition coefficient (Wildman–Crippen LogP) is 3.72. The van der Waals surface area contributed by atoms with Crippen LogP contribution in [0.3, 0.4) is 0 Å². The largest absolute Gasteiger partial charge is 0.416 e. The third-order valence-corrected chi connectivity index (χ3v) is 4.18. The van der Waals surface area contributed by atoms with Gasteiger partial charge in [-0.05, 0) is 42.8 Å². The maximum atomic E-state index is 12.7. The zero-order chi connectivity index (χ0) is 22.5. The molecule has 8 nitrogen and oxygen atoms in total. The van der Waals surface area contributed by atoms with Gasteiger partial charge in [-0.15, -0.1) is 0 Å². The molecule has 160 valence electrons. The van der Waals surface area contributed by atoms with Crippen molar-refractivity contribution >= 4 is 28.9 Å². The molecule has 2 amide bonds. The molecule has 0 aliphatic carbocycles. The van der Waals surface area contributed by atoms with Crippen molar-refractivity contribution in [2.75, 3.05) is 24.2 Å². The third kappa shape index (κ3) is 5.69. The number of anilines is 2. The summed E-state index contributed by atoms with van der Waals surface area (Å²) in [6, 6.07) is 6.86. The van der Waals surface area contributed by atoms with Gasteiger partial charge in [0, 0.05) is 37.3 Å². The first-order chi connectivity index (χ1) is 14.0. The normalized spacial score (nSPS) is 11.0. The molecule has 30 heavy (non-hydrogen) atoms. The Bertz CT molecular complexity index is 977. The average Bonchev–Trinajstić information content (AvgIpc) is 2.68. The summed E-state index contributed by atoms with van der Waals surface area (Å²) in [6.07, 6.45) is -4.79. The van der Waals surface area contributed by atoms with Crippen molar-refractivity contribution in [3.63, 3.8) is 0 Å². The number of nitrogens with zero attached hydrogens (tertiary/aromatic N) is 1. The topological polar surface area (TPSA) is 113 Å². The molecule has 0 spiro atoms. The number of hydrogen-bond donors (Lipinski definition) is 3. The van der Waals surface area contributed by atoms with Gasteiger partial charge >= 0.3 is 6.18 Å². The summed E-state index contributed by atoms with van der Waals surface area (Å²) in [4.78, 5) is 33.9. The standard InChI is InChI=1S/C19H19F3N4O4/c1-11-9-12(18(28)23-2)3-5-14(11)25-17(27)7-8-24-15-6-4-13(19(20,21)22)10-16(15)26(29)30/h3-6,9-10,24H,7-8H2,1-2H3,(H,23,28)(H,25,27). The van der Waals surface area contributed by atoms with Crippen LogP contribution in [0.2, 0.25) is 0 Å². The fourth-order valence-corrected chi connectivity index (χ4v) is 2.62. The number of rotatable bonds is 7. The lowest BCUT2D eigenvalue weighted by Crippen LogP contribution is -2.19. The maximum Gasteiger partial charge on any atom is 0.416 e. The van der Waals surface area contributed by atoms with E-state index in [0.717, 1.165) is 12.1 Å². The molecule has 0 heterocycles. The highest BCUT2D eigenvalue weighted by Gasteiger charge is 2.33. The van der Waals surface area contributed by atoms with Crippen molar-refractivity contribution in [2.45, 2.75) is 19.5 Å². The van der Waals surface area contributed by atoms with Crippen LogP contribution in [0, 0.1) is 17.0 Å². The fraction of sp³-hybridized carbons (Fsp3) is 0.263. The number of amides is 2. The molecule has 0 bridgehead atoms. The lowest BCUT2D eigenvalue weighted by Gasteiger charge is -2.12. The molecule has 2 aromatic carbocycles. The number of nitrogens with one attached hydrogen (secondary N) is 3. The fourth-order valence-electron chi connectivity index (χ4n) is 2.62. The van der Waals surface area contributed by atoms with Gasteiger partial charge in [0.1, 0.15) is 5.69 Å². The Labute approximate surface area is 169 Å². The minimum atomic E-state index is -4.70. The number of halogens is 3. The Morgan fingerprint density at radius 3 is 2.33 bits per heavy atom. The van der Waals surface area contributed by atoms with E-state index in [-0.39, 0.29) is 24.6 Å². The number of nitro groups is 1. The van der Waals surface area contributed by atoms with Gasteiger partial charge in [0.05, 0.1) is 10.5 Å². The van der Waals surface area contributed by atoms with Gasteiger partial charge in [-0.1, -0.05) is 0 Å². The van der Waals surface area contributed by atoms with Crippen LogP contribution >= 0.6 is 0 Å². The Morgan fingerprint density at radius 2 is 1.77 bits per heavy atom. The Kier molecular flexibility index (Phi) is 6.98. The smallest absolute Gasteiger partial charge is 0.379 e. The maximum absolute atomic E-state index is 12.7. The summed E-state index contributed by atoms with van der Waals surface area (Å²) < 4.78 is 38.2. The van der Waals surface area contributed by atoms with Crippen LogP contribution in [0.4, 0.5) is 30.2 Å². The van der Waals surface area contributed by atoms with Crippen molar-refractivity contribution in [1.29, 1.82) is 0 Å². The van der Waals surface area contributed by atoms with Gasteiger partial charge in [-0.3, -0.25) is 19.7 Å².